The fraction of sp³-hybridized carbons (Fsp3) is 0.148. The van der Waals surface area contributed by atoms with Crippen molar-refractivity contribution in [3.63, 3.8) is 0 Å². The summed E-state index contributed by atoms with van der Waals surface area (Å²) in [5.41, 5.74) is 2.79. The van der Waals surface area contributed by atoms with E-state index in [1.54, 1.807) is 12.1 Å². The van der Waals surface area contributed by atoms with Gasteiger partial charge in [0.2, 0.25) is 0 Å². The molecule has 0 unspecified atom stereocenters. The minimum absolute atomic E-state index is 0.242. The number of benzene rings is 3. The third-order valence-corrected chi connectivity index (χ3v) is 5.60. The number of aromatic nitrogens is 2. The Morgan fingerprint density at radius 1 is 0.818 bits per heavy atom. The third-order valence-electron chi connectivity index (χ3n) is 5.60. The highest BCUT2D eigenvalue weighted by atomic mass is 16.5. The van der Waals surface area contributed by atoms with Gasteiger partial charge in [-0.05, 0) is 61.4 Å². The number of rotatable bonds is 6. The molecule has 1 N–H and O–H groups in total. The summed E-state index contributed by atoms with van der Waals surface area (Å²) in [5.74, 6) is 1.85. The van der Waals surface area contributed by atoms with Gasteiger partial charge in [-0.25, -0.2) is 0 Å². The first-order valence-electron chi connectivity index (χ1n) is 11.1. The Labute approximate surface area is 192 Å². The predicted molar refractivity (Wildman–Crippen MR) is 130 cm³/mol. The van der Waals surface area contributed by atoms with Gasteiger partial charge in [-0.2, -0.15) is 0 Å². The Morgan fingerprint density at radius 2 is 1.61 bits per heavy atom. The molecule has 0 spiro atoms. The van der Waals surface area contributed by atoms with Crippen LogP contribution in [0.5, 0.6) is 11.5 Å². The third kappa shape index (κ3) is 4.85. The lowest BCUT2D eigenvalue weighted by molar-refractivity contribution is 0.102. The molecule has 33 heavy (non-hydrogen) atoms. The normalized spacial score (nSPS) is 13.0. The van der Waals surface area contributed by atoms with Gasteiger partial charge in [0.25, 0.3) is 5.91 Å². The van der Waals surface area contributed by atoms with Gasteiger partial charge in [0.15, 0.2) is 5.82 Å². The summed E-state index contributed by atoms with van der Waals surface area (Å²) in [4.78, 5) is 15.3. The van der Waals surface area contributed by atoms with E-state index in [9.17, 15) is 4.79 Å². The average Bonchev–Trinajstić information content (AvgIpc) is 3.40. The maximum Gasteiger partial charge on any atom is 0.259 e. The highest BCUT2D eigenvalue weighted by molar-refractivity contribution is 6.06. The van der Waals surface area contributed by atoms with Gasteiger partial charge in [-0.3, -0.25) is 4.79 Å². The first-order chi connectivity index (χ1) is 16.3. The smallest absolute Gasteiger partial charge is 0.259 e. The van der Waals surface area contributed by atoms with Crippen LogP contribution < -0.4 is 15.0 Å². The zero-order valence-electron chi connectivity index (χ0n) is 18.1. The van der Waals surface area contributed by atoms with Gasteiger partial charge in [-0.15, -0.1) is 10.2 Å². The molecule has 3 aromatic carbocycles. The minimum atomic E-state index is -0.242. The number of para-hydroxylation sites is 2. The molecule has 164 valence electrons. The second kappa shape index (κ2) is 9.53. The van der Waals surface area contributed by atoms with E-state index in [-0.39, 0.29) is 5.91 Å². The topological polar surface area (TPSA) is 67.4 Å². The Hall–Kier alpha value is -4.19. The van der Waals surface area contributed by atoms with E-state index in [0.717, 1.165) is 30.2 Å². The molecule has 0 saturated carbocycles. The summed E-state index contributed by atoms with van der Waals surface area (Å²) < 4.78 is 5.93. The molecule has 0 radical (unpaired) electrons. The van der Waals surface area contributed by atoms with Crippen LogP contribution in [0.1, 0.15) is 23.2 Å². The van der Waals surface area contributed by atoms with Crippen LogP contribution in [0.25, 0.3) is 11.3 Å². The molecule has 1 aliphatic rings. The van der Waals surface area contributed by atoms with Crippen LogP contribution >= 0.6 is 0 Å². The summed E-state index contributed by atoms with van der Waals surface area (Å²) in [6.07, 6.45) is 2.40. The summed E-state index contributed by atoms with van der Waals surface area (Å²) in [7, 11) is 0. The first-order valence-corrected chi connectivity index (χ1v) is 11.1. The number of nitrogens with zero attached hydrogens (tertiary/aromatic N) is 3. The molecular formula is C27H24N4O2. The molecule has 2 heterocycles. The van der Waals surface area contributed by atoms with E-state index in [0.29, 0.717) is 22.7 Å². The van der Waals surface area contributed by atoms with Crippen LogP contribution in [-0.2, 0) is 0 Å². The van der Waals surface area contributed by atoms with Crippen molar-refractivity contribution in [2.24, 2.45) is 0 Å². The SMILES string of the molecule is O=C(Nc1cccc(-c2ccc(N3CCCC3)nn2)c1)c1ccccc1Oc1ccccc1. The maximum absolute atomic E-state index is 13.0. The number of ether oxygens (including phenoxy) is 1. The van der Waals surface area contributed by atoms with Gasteiger partial charge in [0, 0.05) is 24.3 Å². The molecule has 0 bridgehead atoms. The van der Waals surface area contributed by atoms with Crippen LogP contribution in [-0.4, -0.2) is 29.2 Å². The number of carbonyl (C=O) groups excluding carboxylic acids is 1. The largest absolute Gasteiger partial charge is 0.457 e. The highest BCUT2D eigenvalue weighted by Gasteiger charge is 2.15. The number of anilines is 2. The lowest BCUT2D eigenvalue weighted by atomic mass is 10.1. The molecule has 6 heteroatoms. The van der Waals surface area contributed by atoms with E-state index in [1.807, 2.05) is 78.9 Å². The molecule has 0 atom stereocenters. The number of nitrogens with one attached hydrogen (secondary N) is 1. The van der Waals surface area contributed by atoms with Crippen molar-refractivity contribution in [3.8, 4) is 22.8 Å². The Morgan fingerprint density at radius 3 is 2.39 bits per heavy atom. The van der Waals surface area contributed by atoms with Crippen molar-refractivity contribution >= 4 is 17.4 Å². The number of hydrogen-bond donors (Lipinski definition) is 1. The van der Waals surface area contributed by atoms with E-state index < -0.39 is 0 Å². The molecule has 4 aromatic rings. The Kier molecular flexibility index (Phi) is 5.97. The molecule has 6 nitrogen and oxygen atoms in total. The first kappa shape index (κ1) is 20.7. The molecule has 1 saturated heterocycles. The molecule has 1 aliphatic heterocycles. The fourth-order valence-corrected chi connectivity index (χ4v) is 3.91. The van der Waals surface area contributed by atoms with Crippen molar-refractivity contribution in [3.05, 3.63) is 96.6 Å². The number of hydrogen-bond acceptors (Lipinski definition) is 5. The predicted octanol–water partition coefficient (Wildman–Crippen LogP) is 5.79. The maximum atomic E-state index is 13.0. The zero-order chi connectivity index (χ0) is 22.5. The van der Waals surface area contributed by atoms with Gasteiger partial charge in [0.05, 0.1) is 11.3 Å². The van der Waals surface area contributed by atoms with Crippen LogP contribution in [0.15, 0.2) is 91.0 Å². The van der Waals surface area contributed by atoms with Crippen LogP contribution in [0.4, 0.5) is 11.5 Å². The average molecular weight is 437 g/mol. The van der Waals surface area contributed by atoms with Crippen molar-refractivity contribution in [2.75, 3.05) is 23.3 Å². The van der Waals surface area contributed by atoms with Gasteiger partial charge >= 0.3 is 0 Å². The second-order valence-corrected chi connectivity index (χ2v) is 7.92. The van der Waals surface area contributed by atoms with E-state index in [2.05, 4.69) is 20.4 Å². The lowest BCUT2D eigenvalue weighted by Gasteiger charge is -2.15. The summed E-state index contributed by atoms with van der Waals surface area (Å²) in [6, 6.07) is 28.2. The van der Waals surface area contributed by atoms with Gasteiger partial charge in [-0.1, -0.05) is 42.5 Å². The van der Waals surface area contributed by atoms with Crippen molar-refractivity contribution in [1.82, 2.24) is 10.2 Å². The van der Waals surface area contributed by atoms with Crippen molar-refractivity contribution in [1.29, 1.82) is 0 Å². The molecule has 1 aromatic heterocycles. The lowest BCUT2D eigenvalue weighted by Crippen LogP contribution is -2.19. The monoisotopic (exact) mass is 436 g/mol. The zero-order valence-corrected chi connectivity index (χ0v) is 18.1. The van der Waals surface area contributed by atoms with Crippen LogP contribution in [0.3, 0.4) is 0 Å². The molecule has 1 amide bonds. The van der Waals surface area contributed by atoms with Crippen molar-refractivity contribution in [2.45, 2.75) is 12.8 Å². The molecular weight excluding hydrogens is 412 g/mol. The Balaban J connectivity index is 1.32. The highest BCUT2D eigenvalue weighted by Crippen LogP contribution is 2.27. The van der Waals surface area contributed by atoms with Crippen LogP contribution in [0.2, 0.25) is 0 Å². The second-order valence-electron chi connectivity index (χ2n) is 7.92. The summed E-state index contributed by atoms with van der Waals surface area (Å²) in [6.45, 7) is 2.07. The molecule has 5 rings (SSSR count). The van der Waals surface area contributed by atoms with E-state index in [4.69, 9.17) is 4.74 Å². The molecule has 0 aliphatic carbocycles. The standard InChI is InChI=1S/C27H24N4O2/c32-27(23-13-4-5-14-25(23)33-22-11-2-1-3-12-22)28-21-10-8-9-20(19-21)24-15-16-26(30-29-24)31-17-6-7-18-31/h1-5,8-16,19H,6-7,17-18H2,(H,28,32). The van der Waals surface area contributed by atoms with Crippen LogP contribution in [0, 0.1) is 0 Å². The molecule has 1 fully saturated rings. The summed E-state index contributed by atoms with van der Waals surface area (Å²) >= 11 is 0. The quantitative estimate of drug-likeness (QED) is 0.414. The van der Waals surface area contributed by atoms with E-state index in [1.165, 1.54) is 12.8 Å². The summed E-state index contributed by atoms with van der Waals surface area (Å²) in [5, 5.41) is 11.8. The van der Waals surface area contributed by atoms with E-state index >= 15 is 0 Å². The van der Waals surface area contributed by atoms with Gasteiger partial charge < -0.3 is 15.0 Å². The van der Waals surface area contributed by atoms with Crippen molar-refractivity contribution < 1.29 is 9.53 Å². The van der Waals surface area contributed by atoms with Gasteiger partial charge in [0.1, 0.15) is 11.5 Å². The fourth-order valence-electron chi connectivity index (χ4n) is 3.91. The Bertz CT molecular complexity index is 1240. The number of carbonyl (C=O) groups is 1. The minimum Gasteiger partial charge on any atom is -0.457 e. The number of amides is 1.